The van der Waals surface area contributed by atoms with Crippen molar-refractivity contribution >= 4 is 0 Å². The maximum atomic E-state index is 2.30. The molecule has 0 nitrogen and oxygen atoms in total. The molecule has 0 aliphatic rings. The van der Waals surface area contributed by atoms with Gasteiger partial charge in [0.05, 0.1) is 0 Å². The quantitative estimate of drug-likeness (QED) is 0.409. The third kappa shape index (κ3) is 10.9. The summed E-state index contributed by atoms with van der Waals surface area (Å²) in [4.78, 5) is 0. The van der Waals surface area contributed by atoms with Crippen molar-refractivity contribution in [1.82, 2.24) is 0 Å². The Morgan fingerprint density at radius 3 is 1.29 bits per heavy atom. The van der Waals surface area contributed by atoms with Crippen molar-refractivity contribution < 1.29 is 0 Å². The van der Waals surface area contributed by atoms with Crippen LogP contribution in [0.4, 0.5) is 0 Å². The van der Waals surface area contributed by atoms with Gasteiger partial charge in [-0.15, -0.1) is 0 Å². The average Bonchev–Trinajstić information content (AvgIpc) is 2.34. The first-order valence-electron chi connectivity index (χ1n) is 8.01. The van der Waals surface area contributed by atoms with Crippen LogP contribution in [0, 0.1) is 11.3 Å². The number of rotatable bonds is 8. The maximum Gasteiger partial charge on any atom is -0.0308 e. The second-order valence-corrected chi connectivity index (χ2v) is 5.80. The van der Waals surface area contributed by atoms with Gasteiger partial charge in [0.15, 0.2) is 0 Å². The highest BCUT2D eigenvalue weighted by atomic mass is 14.3. The Bertz CT molecular complexity index is 113. The molecule has 17 heavy (non-hydrogen) atoms. The summed E-state index contributed by atoms with van der Waals surface area (Å²) < 4.78 is 0. The third-order valence-corrected chi connectivity index (χ3v) is 4.39. The van der Waals surface area contributed by atoms with Gasteiger partial charge in [-0.25, -0.2) is 0 Å². The van der Waals surface area contributed by atoms with Crippen LogP contribution in [0.3, 0.4) is 0 Å². The molecule has 0 unspecified atom stereocenters. The van der Waals surface area contributed by atoms with E-state index in [4.69, 9.17) is 0 Å². The Morgan fingerprint density at radius 1 is 0.706 bits per heavy atom. The van der Waals surface area contributed by atoms with Gasteiger partial charge in [-0.3, -0.25) is 0 Å². The zero-order valence-corrected chi connectivity index (χ0v) is 13.7. The summed E-state index contributed by atoms with van der Waals surface area (Å²) in [5, 5.41) is 0. The van der Waals surface area contributed by atoms with Gasteiger partial charge in [0.25, 0.3) is 0 Å². The molecule has 0 aromatic rings. The van der Waals surface area contributed by atoms with E-state index in [1.807, 2.05) is 0 Å². The third-order valence-electron chi connectivity index (χ3n) is 4.39. The molecular weight excluding hydrogens is 204 g/mol. The fourth-order valence-electron chi connectivity index (χ4n) is 2.30. The fraction of sp³-hybridized carbons (Fsp3) is 1.00. The summed E-state index contributed by atoms with van der Waals surface area (Å²) in [5.74, 6) is 0.904. The Morgan fingerprint density at radius 2 is 1.12 bits per heavy atom. The summed E-state index contributed by atoms with van der Waals surface area (Å²) in [6, 6.07) is 0. The molecule has 0 spiro atoms. The lowest BCUT2D eigenvalue weighted by Gasteiger charge is -2.28. The topological polar surface area (TPSA) is 0 Å². The van der Waals surface area contributed by atoms with E-state index in [0.29, 0.717) is 5.41 Å². The van der Waals surface area contributed by atoms with E-state index in [1.54, 1.807) is 0 Å². The minimum absolute atomic E-state index is 0.667. The SMILES string of the molecule is CCC(CC)(CC)CC.CCCCCC(C)C. The van der Waals surface area contributed by atoms with Crippen LogP contribution in [0.5, 0.6) is 0 Å². The predicted octanol–water partition coefficient (Wildman–Crippen LogP) is 6.84. The first-order chi connectivity index (χ1) is 8.01. The second-order valence-electron chi connectivity index (χ2n) is 5.80. The normalized spacial score (nSPS) is 11.3. The molecular formula is C17H38. The highest BCUT2D eigenvalue weighted by Gasteiger charge is 2.20. The predicted molar refractivity (Wildman–Crippen MR) is 82.6 cm³/mol. The van der Waals surface area contributed by atoms with Crippen LogP contribution in [-0.4, -0.2) is 0 Å². The van der Waals surface area contributed by atoms with E-state index >= 15 is 0 Å². The van der Waals surface area contributed by atoms with Crippen molar-refractivity contribution in [3.63, 3.8) is 0 Å². The van der Waals surface area contributed by atoms with E-state index in [1.165, 1.54) is 51.4 Å². The smallest absolute Gasteiger partial charge is 0.0308 e. The molecule has 0 atom stereocenters. The highest BCUT2D eigenvalue weighted by Crippen LogP contribution is 2.33. The van der Waals surface area contributed by atoms with Crippen molar-refractivity contribution in [3.05, 3.63) is 0 Å². The fourth-order valence-corrected chi connectivity index (χ4v) is 2.30. The van der Waals surface area contributed by atoms with E-state index < -0.39 is 0 Å². The monoisotopic (exact) mass is 242 g/mol. The van der Waals surface area contributed by atoms with Gasteiger partial charge in [-0.1, -0.05) is 99.8 Å². The van der Waals surface area contributed by atoms with Gasteiger partial charge in [0.2, 0.25) is 0 Å². The zero-order valence-electron chi connectivity index (χ0n) is 13.7. The van der Waals surface area contributed by atoms with Crippen LogP contribution in [0.15, 0.2) is 0 Å². The highest BCUT2D eigenvalue weighted by molar-refractivity contribution is 4.72. The molecule has 0 N–H and O–H groups in total. The van der Waals surface area contributed by atoms with Crippen molar-refractivity contribution in [2.75, 3.05) is 0 Å². The molecule has 0 saturated carbocycles. The molecule has 0 saturated heterocycles. The summed E-state index contributed by atoms with van der Waals surface area (Å²) >= 11 is 0. The molecule has 0 radical (unpaired) electrons. The van der Waals surface area contributed by atoms with E-state index in [-0.39, 0.29) is 0 Å². The Balaban J connectivity index is 0. The minimum Gasteiger partial charge on any atom is -0.0654 e. The number of unbranched alkanes of at least 4 members (excludes halogenated alkanes) is 2. The lowest BCUT2D eigenvalue weighted by atomic mass is 9.78. The standard InChI is InChI=1S/C9H20.C8H18/c1-5-9(6-2,7-3)8-4;1-4-5-6-7-8(2)3/h5-8H2,1-4H3;8H,4-7H2,1-3H3. The first-order valence-corrected chi connectivity index (χ1v) is 8.01. The molecule has 0 rings (SSSR count). The van der Waals surface area contributed by atoms with Crippen molar-refractivity contribution in [2.24, 2.45) is 11.3 Å². The molecule has 0 bridgehead atoms. The Kier molecular flexibility index (Phi) is 14.2. The molecule has 0 aromatic heterocycles. The first kappa shape index (κ1) is 19.3. The maximum absolute atomic E-state index is 2.30. The lowest BCUT2D eigenvalue weighted by molar-refractivity contribution is 0.240. The Hall–Kier alpha value is 0. The molecule has 0 aliphatic carbocycles. The molecule has 0 aromatic carbocycles. The molecule has 0 aliphatic heterocycles. The summed E-state index contributed by atoms with van der Waals surface area (Å²) in [7, 11) is 0. The van der Waals surface area contributed by atoms with Gasteiger partial charge in [-0.05, 0) is 11.3 Å². The zero-order chi connectivity index (χ0) is 13.7. The summed E-state index contributed by atoms with van der Waals surface area (Å²) in [6.07, 6.45) is 11.0. The van der Waals surface area contributed by atoms with Crippen molar-refractivity contribution in [3.8, 4) is 0 Å². The van der Waals surface area contributed by atoms with Crippen molar-refractivity contribution in [1.29, 1.82) is 0 Å². The molecule has 0 heteroatoms. The van der Waals surface area contributed by atoms with Crippen LogP contribution < -0.4 is 0 Å². The Labute approximate surface area is 112 Å². The lowest BCUT2D eigenvalue weighted by Crippen LogP contribution is -2.15. The van der Waals surface area contributed by atoms with Crippen LogP contribution >= 0.6 is 0 Å². The number of hydrogen-bond donors (Lipinski definition) is 0. The van der Waals surface area contributed by atoms with Gasteiger partial charge in [-0.2, -0.15) is 0 Å². The van der Waals surface area contributed by atoms with Crippen LogP contribution in [0.2, 0.25) is 0 Å². The largest absolute Gasteiger partial charge is 0.0654 e. The minimum atomic E-state index is 0.667. The van der Waals surface area contributed by atoms with Gasteiger partial charge in [0.1, 0.15) is 0 Å². The van der Waals surface area contributed by atoms with Gasteiger partial charge >= 0.3 is 0 Å². The number of hydrogen-bond acceptors (Lipinski definition) is 0. The summed E-state index contributed by atoms with van der Waals surface area (Å²) in [5.41, 5.74) is 0.667. The van der Waals surface area contributed by atoms with E-state index in [2.05, 4.69) is 48.5 Å². The van der Waals surface area contributed by atoms with Gasteiger partial charge < -0.3 is 0 Å². The van der Waals surface area contributed by atoms with Crippen molar-refractivity contribution in [2.45, 2.75) is 99.8 Å². The summed E-state index contributed by atoms with van der Waals surface area (Å²) in [6.45, 7) is 16.0. The molecule has 0 heterocycles. The molecule has 106 valence electrons. The molecule has 0 amide bonds. The molecule has 0 fully saturated rings. The average molecular weight is 242 g/mol. The van der Waals surface area contributed by atoms with Crippen LogP contribution in [0.25, 0.3) is 0 Å². The van der Waals surface area contributed by atoms with E-state index in [9.17, 15) is 0 Å². The van der Waals surface area contributed by atoms with E-state index in [0.717, 1.165) is 5.92 Å². The second kappa shape index (κ2) is 12.5. The van der Waals surface area contributed by atoms with Crippen LogP contribution in [-0.2, 0) is 0 Å². The van der Waals surface area contributed by atoms with Crippen LogP contribution in [0.1, 0.15) is 99.8 Å². The van der Waals surface area contributed by atoms with Gasteiger partial charge in [0, 0.05) is 0 Å².